The minimum atomic E-state index is -0.914. The summed E-state index contributed by atoms with van der Waals surface area (Å²) in [5.74, 6) is -0.0683. The molecule has 2 aromatic carbocycles. The normalized spacial score (nSPS) is 23.4. The molecule has 2 aliphatic rings. The maximum Gasteiger partial charge on any atom is 0.275 e. The first-order valence-corrected chi connectivity index (χ1v) is 12.0. The van der Waals surface area contributed by atoms with Crippen molar-refractivity contribution in [1.82, 2.24) is 19.8 Å². The quantitative estimate of drug-likeness (QED) is 0.620. The number of aromatic nitrogens is 2. The zero-order valence-electron chi connectivity index (χ0n) is 18.9. The van der Waals surface area contributed by atoms with E-state index in [0.717, 1.165) is 50.0 Å². The van der Waals surface area contributed by atoms with Crippen LogP contribution in [0.3, 0.4) is 0 Å². The first-order valence-electron chi connectivity index (χ1n) is 12.0. The molecule has 2 fully saturated rings. The summed E-state index contributed by atoms with van der Waals surface area (Å²) in [5, 5.41) is 3.43. The molecule has 5 nitrogen and oxygen atoms in total. The van der Waals surface area contributed by atoms with Gasteiger partial charge in [-0.1, -0.05) is 73.5 Å². The van der Waals surface area contributed by atoms with Crippen LogP contribution in [0.5, 0.6) is 0 Å². The highest BCUT2D eigenvalue weighted by Gasteiger charge is 2.34. The molecule has 3 aromatic rings. The first-order chi connectivity index (χ1) is 16.2. The van der Waals surface area contributed by atoms with Crippen molar-refractivity contribution in [2.45, 2.75) is 50.4 Å². The molecular weight excluding hydrogens is 415 g/mol. The van der Waals surface area contributed by atoms with E-state index in [1.807, 2.05) is 58.0 Å². The minimum Gasteiger partial charge on any atom is -0.331 e. The summed E-state index contributed by atoms with van der Waals surface area (Å²) in [7, 11) is 0. The van der Waals surface area contributed by atoms with Crippen molar-refractivity contribution in [3.05, 3.63) is 78.2 Å². The van der Waals surface area contributed by atoms with Gasteiger partial charge < -0.3 is 14.8 Å². The summed E-state index contributed by atoms with van der Waals surface area (Å²) in [6, 6.07) is 19.9. The number of rotatable bonds is 5. The highest BCUT2D eigenvalue weighted by atomic mass is 19.1. The molecular formula is C27H31FN4O. The predicted octanol–water partition coefficient (Wildman–Crippen LogP) is 4.66. The Bertz CT molecular complexity index is 1070. The second-order valence-corrected chi connectivity index (χ2v) is 9.13. The van der Waals surface area contributed by atoms with Crippen molar-refractivity contribution in [1.29, 1.82) is 0 Å². The van der Waals surface area contributed by atoms with Crippen LogP contribution in [0.2, 0.25) is 0 Å². The largest absolute Gasteiger partial charge is 0.331 e. The van der Waals surface area contributed by atoms with E-state index in [9.17, 15) is 9.18 Å². The molecule has 6 heteroatoms. The predicted molar refractivity (Wildman–Crippen MR) is 128 cm³/mol. The molecule has 3 atom stereocenters. The number of amides is 1. The third-order valence-electron chi connectivity index (χ3n) is 6.97. The molecule has 2 heterocycles. The van der Waals surface area contributed by atoms with E-state index in [-0.39, 0.29) is 18.0 Å². The lowest BCUT2D eigenvalue weighted by atomic mass is 9.93. The van der Waals surface area contributed by atoms with Crippen LogP contribution in [0.1, 0.15) is 47.8 Å². The van der Waals surface area contributed by atoms with Crippen LogP contribution >= 0.6 is 0 Å². The van der Waals surface area contributed by atoms with Gasteiger partial charge in [-0.2, -0.15) is 0 Å². The maximum absolute atomic E-state index is 14.9. The second-order valence-electron chi connectivity index (χ2n) is 9.13. The van der Waals surface area contributed by atoms with Crippen molar-refractivity contribution in [3.8, 4) is 11.3 Å². The van der Waals surface area contributed by atoms with E-state index >= 15 is 0 Å². The highest BCUT2D eigenvalue weighted by Crippen LogP contribution is 2.36. The van der Waals surface area contributed by atoms with Crippen LogP contribution in [0.15, 0.2) is 67.0 Å². The van der Waals surface area contributed by atoms with Crippen molar-refractivity contribution in [3.63, 3.8) is 0 Å². The minimum absolute atomic E-state index is 0.0472. The third-order valence-corrected chi connectivity index (χ3v) is 6.97. The van der Waals surface area contributed by atoms with Crippen LogP contribution in [0.25, 0.3) is 11.3 Å². The number of hydrogen-bond acceptors (Lipinski definition) is 3. The summed E-state index contributed by atoms with van der Waals surface area (Å²) in [6.07, 6.45) is 4.82. The number of carbonyl (C=O) groups excluding carboxylic acids is 1. The van der Waals surface area contributed by atoms with Crippen molar-refractivity contribution in [2.24, 2.45) is 0 Å². The zero-order valence-corrected chi connectivity index (χ0v) is 18.9. The molecule has 1 aromatic heterocycles. The van der Waals surface area contributed by atoms with E-state index in [1.54, 1.807) is 6.33 Å². The van der Waals surface area contributed by atoms with Crippen LogP contribution in [-0.4, -0.2) is 52.2 Å². The summed E-state index contributed by atoms with van der Waals surface area (Å²) >= 11 is 0. The van der Waals surface area contributed by atoms with Crippen molar-refractivity contribution < 1.29 is 9.18 Å². The number of halogens is 1. The molecule has 0 spiro atoms. The third kappa shape index (κ3) is 4.58. The SMILES string of the molecule is O=C(c1ncn([C@H]2CCCC[C@H]2F)c1-c1ccccc1)N1CCNC[C@H]1Cc1ccccc1. The Kier molecular flexibility index (Phi) is 6.53. The summed E-state index contributed by atoms with van der Waals surface area (Å²) in [5.41, 5.74) is 3.29. The summed E-state index contributed by atoms with van der Waals surface area (Å²) in [4.78, 5) is 20.5. The molecule has 1 aliphatic carbocycles. The van der Waals surface area contributed by atoms with E-state index in [1.165, 1.54) is 5.56 Å². The van der Waals surface area contributed by atoms with E-state index in [2.05, 4.69) is 22.4 Å². The molecule has 172 valence electrons. The molecule has 0 unspecified atom stereocenters. The number of nitrogens with one attached hydrogen (secondary N) is 1. The van der Waals surface area contributed by atoms with Gasteiger partial charge in [-0.15, -0.1) is 0 Å². The molecule has 1 saturated carbocycles. The maximum atomic E-state index is 14.9. The van der Waals surface area contributed by atoms with Gasteiger partial charge >= 0.3 is 0 Å². The van der Waals surface area contributed by atoms with E-state index in [0.29, 0.717) is 18.7 Å². The number of carbonyl (C=O) groups is 1. The first kappa shape index (κ1) is 21.8. The Morgan fingerprint density at radius 2 is 1.76 bits per heavy atom. The molecule has 1 amide bonds. The van der Waals surface area contributed by atoms with Gasteiger partial charge in [0.25, 0.3) is 5.91 Å². The van der Waals surface area contributed by atoms with E-state index in [4.69, 9.17) is 0 Å². The fourth-order valence-corrected chi connectivity index (χ4v) is 5.26. The molecule has 33 heavy (non-hydrogen) atoms. The smallest absolute Gasteiger partial charge is 0.275 e. The number of alkyl halides is 1. The lowest BCUT2D eigenvalue weighted by Gasteiger charge is -2.36. The van der Waals surface area contributed by atoms with Gasteiger partial charge in [-0.05, 0) is 24.8 Å². The van der Waals surface area contributed by atoms with Crippen LogP contribution in [0, 0.1) is 0 Å². The standard InChI is InChI=1S/C27H31FN4O/c28-23-13-7-8-14-24(23)32-19-30-25(26(32)21-11-5-2-6-12-21)27(33)31-16-15-29-18-22(31)17-20-9-3-1-4-10-20/h1-6,9-12,19,22-24,29H,7-8,13-18H2/t22-,23-,24+/m1/s1. The van der Waals surface area contributed by atoms with Gasteiger partial charge in [0.2, 0.25) is 0 Å². The number of hydrogen-bond donors (Lipinski definition) is 1. The number of nitrogens with zero attached hydrogens (tertiary/aromatic N) is 3. The topological polar surface area (TPSA) is 50.2 Å². The Labute approximate surface area is 194 Å². The Morgan fingerprint density at radius 1 is 1.03 bits per heavy atom. The zero-order chi connectivity index (χ0) is 22.6. The number of piperazine rings is 1. The Hall–Kier alpha value is -2.99. The van der Waals surface area contributed by atoms with Gasteiger partial charge in [0.15, 0.2) is 5.69 Å². The lowest BCUT2D eigenvalue weighted by molar-refractivity contribution is 0.0631. The van der Waals surface area contributed by atoms with Crippen LogP contribution in [-0.2, 0) is 6.42 Å². The molecule has 5 rings (SSSR count). The molecule has 1 saturated heterocycles. The van der Waals surface area contributed by atoms with Crippen LogP contribution in [0.4, 0.5) is 4.39 Å². The molecule has 0 bridgehead atoms. The van der Waals surface area contributed by atoms with Crippen LogP contribution < -0.4 is 5.32 Å². The lowest BCUT2D eigenvalue weighted by Crippen LogP contribution is -2.54. The van der Waals surface area contributed by atoms with E-state index < -0.39 is 6.17 Å². The van der Waals surface area contributed by atoms with Gasteiger partial charge in [0, 0.05) is 31.2 Å². The highest BCUT2D eigenvalue weighted by molar-refractivity contribution is 5.98. The summed E-state index contributed by atoms with van der Waals surface area (Å²) < 4.78 is 16.9. The van der Waals surface area contributed by atoms with Gasteiger partial charge in [0.05, 0.1) is 18.1 Å². The van der Waals surface area contributed by atoms with Crippen molar-refractivity contribution in [2.75, 3.05) is 19.6 Å². The van der Waals surface area contributed by atoms with Gasteiger partial charge in [-0.25, -0.2) is 9.37 Å². The molecule has 0 radical (unpaired) electrons. The number of benzene rings is 2. The van der Waals surface area contributed by atoms with Gasteiger partial charge in [-0.3, -0.25) is 4.79 Å². The molecule has 1 N–H and O–H groups in total. The monoisotopic (exact) mass is 446 g/mol. The fraction of sp³-hybridized carbons (Fsp3) is 0.407. The summed E-state index contributed by atoms with van der Waals surface area (Å²) in [6.45, 7) is 2.14. The Balaban J connectivity index is 1.50. The van der Waals surface area contributed by atoms with Crippen molar-refractivity contribution >= 4 is 5.91 Å². The second kappa shape index (κ2) is 9.87. The average Bonchev–Trinajstić information content (AvgIpc) is 3.30. The van der Waals surface area contributed by atoms with Gasteiger partial charge in [0.1, 0.15) is 6.17 Å². The average molecular weight is 447 g/mol. The molecule has 1 aliphatic heterocycles. The Morgan fingerprint density at radius 3 is 2.52 bits per heavy atom. The fourth-order valence-electron chi connectivity index (χ4n) is 5.26. The number of imidazole rings is 1.